The minimum atomic E-state index is 0. The van der Waals surface area contributed by atoms with Crippen molar-refractivity contribution in [1.82, 2.24) is 0 Å². The maximum absolute atomic E-state index is 3.95. The molecule has 0 radical (unpaired) electrons. The molecule has 0 spiro atoms. The summed E-state index contributed by atoms with van der Waals surface area (Å²) in [7, 11) is 3.54. The van der Waals surface area contributed by atoms with Crippen molar-refractivity contribution in [2.45, 2.75) is 13.8 Å². The minimum absolute atomic E-state index is 0. The smallest absolute Gasteiger partial charge is 0.292 e. The van der Waals surface area contributed by atoms with Crippen LogP contribution in [0.2, 0.25) is 0 Å². The molecular weight excluding hydrogens is 156 g/mol. The predicted molar refractivity (Wildman–Crippen MR) is 38.1 cm³/mol. The summed E-state index contributed by atoms with van der Waals surface area (Å²) in [6.45, 7) is 3.89. The summed E-state index contributed by atoms with van der Waals surface area (Å²) in [6.07, 6.45) is 0. The van der Waals surface area contributed by atoms with Gasteiger partial charge in [0, 0.05) is 14.1 Å². The van der Waals surface area contributed by atoms with Crippen molar-refractivity contribution in [3.8, 4) is 0 Å². The monoisotopic (exact) mass is 168 g/mol. The molecule has 0 rings (SSSR count). The molecule has 0 N–H and O–H groups in total. The second kappa shape index (κ2) is 5.99. The second-order valence-electron chi connectivity index (χ2n) is 1.62. The number of rotatable bonds is 1. The van der Waals surface area contributed by atoms with Gasteiger partial charge in [-0.1, -0.05) is 0 Å². The molecule has 0 atom stereocenters. The fourth-order valence-electron chi connectivity index (χ4n) is 0.324. The Morgan fingerprint density at radius 2 is 1.11 bits per heavy atom. The van der Waals surface area contributed by atoms with Gasteiger partial charge in [-0.25, -0.2) is 0 Å². The predicted octanol–water partition coefficient (Wildman–Crippen LogP) is 1.17. The molecule has 0 aliphatic rings. The summed E-state index contributed by atoms with van der Waals surface area (Å²) < 4.78 is 0. The van der Waals surface area contributed by atoms with Crippen molar-refractivity contribution < 1.29 is 17.1 Å². The van der Waals surface area contributed by atoms with Crippen molar-refractivity contribution in [3.05, 3.63) is 0 Å². The van der Waals surface area contributed by atoms with Crippen LogP contribution in [0.1, 0.15) is 13.8 Å². The summed E-state index contributed by atoms with van der Waals surface area (Å²) in [6, 6.07) is 0. The summed E-state index contributed by atoms with van der Waals surface area (Å²) in [4.78, 5) is 7.89. The Kier molecular flexibility index (Phi) is 7.74. The molecule has 0 aromatic carbocycles. The van der Waals surface area contributed by atoms with E-state index in [2.05, 4.69) is 9.98 Å². The Balaban J connectivity index is 0. The Labute approximate surface area is 67.0 Å². The van der Waals surface area contributed by atoms with E-state index in [1.165, 1.54) is 0 Å². The molecule has 0 aliphatic heterocycles. The van der Waals surface area contributed by atoms with Gasteiger partial charge in [0.05, 0.1) is 11.4 Å². The van der Waals surface area contributed by atoms with E-state index >= 15 is 0 Å². The number of aliphatic imine (C=N–C) groups is 2. The zero-order chi connectivity index (χ0) is 6.57. The second-order valence-corrected chi connectivity index (χ2v) is 1.62. The topological polar surface area (TPSA) is 24.7 Å². The third kappa shape index (κ3) is 4.37. The summed E-state index contributed by atoms with van der Waals surface area (Å²) >= 11 is 0. The van der Waals surface area contributed by atoms with Gasteiger partial charge in [0.15, 0.2) is 0 Å². The van der Waals surface area contributed by atoms with E-state index in [0.29, 0.717) is 0 Å². The van der Waals surface area contributed by atoms with Crippen LogP contribution in [0.3, 0.4) is 0 Å². The quantitative estimate of drug-likeness (QED) is 0.414. The van der Waals surface area contributed by atoms with E-state index < -0.39 is 0 Å². The van der Waals surface area contributed by atoms with Crippen molar-refractivity contribution in [2.75, 3.05) is 14.1 Å². The third-order valence-electron chi connectivity index (χ3n) is 1.19. The van der Waals surface area contributed by atoms with Crippen molar-refractivity contribution in [3.63, 3.8) is 0 Å². The third-order valence-corrected chi connectivity index (χ3v) is 1.19. The molecule has 0 aromatic heterocycles. The standard InChI is InChI=1S/C6H12N2.Fe/c1-5(7-3)6(2)8-4;/h1-4H3;/q;+2. The SMILES string of the molecule is CN=C(C)C(C)=NC.[Fe+2]. The minimum Gasteiger partial charge on any atom is -0.292 e. The molecule has 0 aliphatic carbocycles. The fourth-order valence-corrected chi connectivity index (χ4v) is 0.324. The molecule has 0 unspecified atom stereocenters. The van der Waals surface area contributed by atoms with Gasteiger partial charge in [0.25, 0.3) is 0 Å². The van der Waals surface area contributed by atoms with Gasteiger partial charge >= 0.3 is 17.1 Å². The molecule has 3 heteroatoms. The zero-order valence-electron chi connectivity index (χ0n) is 6.25. The molecule has 0 aromatic rings. The molecular formula is C6H12FeN2+2. The van der Waals surface area contributed by atoms with Crippen LogP contribution in [-0.4, -0.2) is 25.5 Å². The molecule has 0 bridgehead atoms. The first-order valence-corrected chi connectivity index (χ1v) is 2.59. The van der Waals surface area contributed by atoms with Gasteiger partial charge in [-0.2, -0.15) is 0 Å². The first kappa shape index (κ1) is 11.6. The van der Waals surface area contributed by atoms with E-state index in [-0.39, 0.29) is 17.1 Å². The maximum atomic E-state index is 3.95. The van der Waals surface area contributed by atoms with Gasteiger partial charge in [0.2, 0.25) is 0 Å². The van der Waals surface area contributed by atoms with Gasteiger partial charge in [-0.3, -0.25) is 9.98 Å². The molecule has 0 saturated carbocycles. The van der Waals surface area contributed by atoms with Crippen LogP contribution >= 0.6 is 0 Å². The molecule has 0 amide bonds. The van der Waals surface area contributed by atoms with Crippen LogP contribution in [0.5, 0.6) is 0 Å². The Hall–Kier alpha value is -0.141. The first-order chi connectivity index (χ1) is 3.72. The summed E-state index contributed by atoms with van der Waals surface area (Å²) in [5.41, 5.74) is 2.01. The molecule has 0 heterocycles. The van der Waals surface area contributed by atoms with Gasteiger partial charge in [0.1, 0.15) is 0 Å². The Morgan fingerprint density at radius 3 is 1.22 bits per heavy atom. The molecule has 0 fully saturated rings. The summed E-state index contributed by atoms with van der Waals surface area (Å²) in [5, 5.41) is 0. The van der Waals surface area contributed by atoms with Crippen LogP contribution in [0.15, 0.2) is 9.98 Å². The van der Waals surface area contributed by atoms with Crippen LogP contribution in [-0.2, 0) is 17.1 Å². The molecule has 2 nitrogen and oxygen atoms in total. The van der Waals surface area contributed by atoms with Gasteiger partial charge < -0.3 is 0 Å². The van der Waals surface area contributed by atoms with Crippen LogP contribution in [0.25, 0.3) is 0 Å². The molecule has 0 saturated heterocycles. The van der Waals surface area contributed by atoms with Crippen LogP contribution < -0.4 is 0 Å². The zero-order valence-corrected chi connectivity index (χ0v) is 7.35. The average Bonchev–Trinajstić information content (AvgIpc) is 1.84. The largest absolute Gasteiger partial charge is 2.00 e. The maximum Gasteiger partial charge on any atom is 2.00 e. The van der Waals surface area contributed by atoms with E-state index in [0.717, 1.165) is 11.4 Å². The summed E-state index contributed by atoms with van der Waals surface area (Å²) in [5.74, 6) is 0. The first-order valence-electron chi connectivity index (χ1n) is 2.59. The fraction of sp³-hybridized carbons (Fsp3) is 0.667. The normalized spacial score (nSPS) is 12.9. The van der Waals surface area contributed by atoms with E-state index in [1.807, 2.05) is 13.8 Å². The number of nitrogens with zero attached hydrogens (tertiary/aromatic N) is 2. The Bertz CT molecular complexity index is 111. The van der Waals surface area contributed by atoms with Crippen LogP contribution in [0.4, 0.5) is 0 Å². The van der Waals surface area contributed by atoms with Gasteiger partial charge in [-0.05, 0) is 13.8 Å². The van der Waals surface area contributed by atoms with Crippen molar-refractivity contribution >= 4 is 11.4 Å². The van der Waals surface area contributed by atoms with Gasteiger partial charge in [-0.15, -0.1) is 0 Å². The number of hydrogen-bond donors (Lipinski definition) is 0. The Morgan fingerprint density at radius 1 is 0.889 bits per heavy atom. The number of hydrogen-bond acceptors (Lipinski definition) is 2. The van der Waals surface area contributed by atoms with E-state index in [1.54, 1.807) is 14.1 Å². The van der Waals surface area contributed by atoms with Crippen LogP contribution in [0, 0.1) is 0 Å². The van der Waals surface area contributed by atoms with E-state index in [4.69, 9.17) is 0 Å². The molecule has 9 heavy (non-hydrogen) atoms. The van der Waals surface area contributed by atoms with E-state index in [9.17, 15) is 0 Å². The molecule has 52 valence electrons. The van der Waals surface area contributed by atoms with Crippen molar-refractivity contribution in [2.24, 2.45) is 9.98 Å². The average molecular weight is 168 g/mol. The van der Waals surface area contributed by atoms with Crippen molar-refractivity contribution in [1.29, 1.82) is 0 Å².